The number of benzene rings is 2. The van der Waals surface area contributed by atoms with Crippen molar-refractivity contribution in [3.63, 3.8) is 0 Å². The highest BCUT2D eigenvalue weighted by Crippen LogP contribution is 2.16. The molecule has 0 saturated carbocycles. The number of nitrogens with one attached hydrogen (secondary N) is 2. The summed E-state index contributed by atoms with van der Waals surface area (Å²) in [6.07, 6.45) is -0.0947. The monoisotopic (exact) mass is 440 g/mol. The van der Waals surface area contributed by atoms with Crippen LogP contribution in [0.4, 0.5) is 0 Å². The zero-order valence-corrected chi connectivity index (χ0v) is 17.3. The molecule has 2 rings (SSSR count). The van der Waals surface area contributed by atoms with Gasteiger partial charge in [0.25, 0.3) is 10.0 Å². The Hall–Kier alpha value is -2.76. The van der Waals surface area contributed by atoms with Gasteiger partial charge in [0.05, 0.1) is 22.5 Å². The van der Waals surface area contributed by atoms with Gasteiger partial charge in [-0.2, -0.15) is 0 Å². The Bertz CT molecular complexity index is 1130. The minimum atomic E-state index is -4.27. The zero-order chi connectivity index (χ0) is 21.7. The number of rotatable bonds is 8. The number of esters is 1. The van der Waals surface area contributed by atoms with Gasteiger partial charge < -0.3 is 4.74 Å². The summed E-state index contributed by atoms with van der Waals surface area (Å²) in [4.78, 5) is 23.3. The van der Waals surface area contributed by atoms with Gasteiger partial charge in [-0.25, -0.2) is 31.1 Å². The van der Waals surface area contributed by atoms with Crippen LogP contribution in [0.5, 0.6) is 0 Å². The Kier molecular flexibility index (Phi) is 7.11. The molecule has 0 radical (unpaired) electrons. The lowest BCUT2D eigenvalue weighted by Gasteiger charge is -2.10. The number of carbonyl (C=O) groups is 2. The van der Waals surface area contributed by atoms with E-state index in [0.29, 0.717) is 5.56 Å². The highest BCUT2D eigenvalue weighted by molar-refractivity contribution is 7.90. The van der Waals surface area contributed by atoms with Gasteiger partial charge in [-0.3, -0.25) is 4.79 Å². The molecule has 156 valence electrons. The van der Waals surface area contributed by atoms with E-state index in [1.54, 1.807) is 24.3 Å². The third-order valence-corrected chi connectivity index (χ3v) is 6.77. The number of hydrogen-bond acceptors (Lipinski definition) is 7. The van der Waals surface area contributed by atoms with Crippen molar-refractivity contribution in [2.75, 3.05) is 14.2 Å². The quantitative estimate of drug-likeness (QED) is 0.580. The van der Waals surface area contributed by atoms with Gasteiger partial charge in [-0.1, -0.05) is 24.3 Å². The van der Waals surface area contributed by atoms with Gasteiger partial charge in [-0.05, 0) is 43.3 Å². The molecule has 0 bridgehead atoms. The fourth-order valence-corrected chi connectivity index (χ4v) is 4.39. The van der Waals surface area contributed by atoms with Crippen molar-refractivity contribution < 1.29 is 31.2 Å². The van der Waals surface area contributed by atoms with Crippen LogP contribution in [0.1, 0.15) is 22.3 Å². The molecule has 0 aliphatic carbocycles. The highest BCUT2D eigenvalue weighted by Gasteiger charge is 2.21. The average molecular weight is 440 g/mol. The van der Waals surface area contributed by atoms with Gasteiger partial charge >= 0.3 is 5.97 Å². The van der Waals surface area contributed by atoms with E-state index in [0.717, 1.165) is 6.07 Å². The smallest absolute Gasteiger partial charge is 0.338 e. The summed E-state index contributed by atoms with van der Waals surface area (Å²) in [5, 5.41) is 0. The first kappa shape index (κ1) is 22.5. The second kappa shape index (κ2) is 9.16. The van der Waals surface area contributed by atoms with Crippen molar-refractivity contribution in [3.05, 3.63) is 59.7 Å². The van der Waals surface area contributed by atoms with E-state index >= 15 is 0 Å². The Morgan fingerprint density at radius 3 is 2.17 bits per heavy atom. The van der Waals surface area contributed by atoms with Crippen molar-refractivity contribution >= 4 is 31.9 Å². The maximum atomic E-state index is 12.4. The molecule has 0 fully saturated rings. The van der Waals surface area contributed by atoms with Gasteiger partial charge in [0.2, 0.25) is 15.9 Å². The Balaban J connectivity index is 2.14. The normalized spacial score (nSPS) is 11.7. The van der Waals surface area contributed by atoms with Crippen molar-refractivity contribution in [2.24, 2.45) is 0 Å². The van der Waals surface area contributed by atoms with Crippen molar-refractivity contribution in [1.29, 1.82) is 0 Å². The van der Waals surface area contributed by atoms with Crippen LogP contribution in [0, 0.1) is 0 Å². The second-order valence-corrected chi connectivity index (χ2v) is 9.43. The molecular weight excluding hydrogens is 420 g/mol. The van der Waals surface area contributed by atoms with Crippen LogP contribution in [-0.2, 0) is 36.0 Å². The standard InChI is InChI=1S/C18H20N2O7S2/c1-19-28(23,24)14-7-5-8-15(12-14)29(25,26)20-17(21)11-10-13-6-3-4-9-16(13)18(22)27-2/h3-9,12,19H,10-11H2,1-2H3,(H,20,21). The topological polar surface area (TPSA) is 136 Å². The van der Waals surface area contributed by atoms with Crippen LogP contribution in [0.25, 0.3) is 0 Å². The predicted molar refractivity (Wildman–Crippen MR) is 104 cm³/mol. The fraction of sp³-hybridized carbons (Fsp3) is 0.222. The van der Waals surface area contributed by atoms with Crippen LogP contribution in [0.15, 0.2) is 58.3 Å². The Morgan fingerprint density at radius 2 is 1.55 bits per heavy atom. The van der Waals surface area contributed by atoms with Crippen LogP contribution in [0.3, 0.4) is 0 Å². The van der Waals surface area contributed by atoms with Crippen LogP contribution in [0.2, 0.25) is 0 Å². The van der Waals surface area contributed by atoms with Gasteiger partial charge in [-0.15, -0.1) is 0 Å². The molecule has 0 aliphatic rings. The van der Waals surface area contributed by atoms with Gasteiger partial charge in [0.15, 0.2) is 0 Å². The Labute approximate surface area is 169 Å². The SMILES string of the molecule is CNS(=O)(=O)c1cccc(S(=O)(=O)NC(=O)CCc2ccccc2C(=O)OC)c1. The molecule has 0 heterocycles. The molecule has 0 aliphatic heterocycles. The summed E-state index contributed by atoms with van der Waals surface area (Å²) in [6.45, 7) is 0. The summed E-state index contributed by atoms with van der Waals surface area (Å²) < 4.78 is 57.2. The molecule has 29 heavy (non-hydrogen) atoms. The largest absolute Gasteiger partial charge is 0.465 e. The first-order valence-electron chi connectivity index (χ1n) is 8.36. The summed E-state index contributed by atoms with van der Waals surface area (Å²) >= 11 is 0. The molecule has 0 aromatic heterocycles. The van der Waals surface area contributed by atoms with Crippen LogP contribution < -0.4 is 9.44 Å². The zero-order valence-electron chi connectivity index (χ0n) is 15.7. The number of sulfonamides is 2. The van der Waals surface area contributed by atoms with E-state index < -0.39 is 31.9 Å². The van der Waals surface area contributed by atoms with Crippen molar-refractivity contribution in [2.45, 2.75) is 22.6 Å². The maximum absolute atomic E-state index is 12.4. The molecule has 0 atom stereocenters. The van der Waals surface area contributed by atoms with E-state index in [9.17, 15) is 26.4 Å². The number of hydrogen-bond donors (Lipinski definition) is 2. The van der Waals surface area contributed by atoms with Gasteiger partial charge in [0, 0.05) is 6.42 Å². The van der Waals surface area contributed by atoms with Crippen molar-refractivity contribution in [1.82, 2.24) is 9.44 Å². The number of ether oxygens (including phenoxy) is 1. The molecule has 1 amide bonds. The lowest BCUT2D eigenvalue weighted by molar-refractivity contribution is -0.119. The van der Waals surface area contributed by atoms with Crippen molar-refractivity contribution in [3.8, 4) is 0 Å². The van der Waals surface area contributed by atoms with E-state index in [-0.39, 0.29) is 28.2 Å². The number of amides is 1. The van der Waals surface area contributed by atoms with Crippen LogP contribution >= 0.6 is 0 Å². The second-order valence-electron chi connectivity index (χ2n) is 5.86. The molecule has 2 aromatic carbocycles. The first-order valence-corrected chi connectivity index (χ1v) is 11.3. The third-order valence-electron chi connectivity index (χ3n) is 3.99. The van der Waals surface area contributed by atoms with E-state index in [1.165, 1.54) is 32.4 Å². The fourth-order valence-electron chi connectivity index (χ4n) is 2.48. The van der Waals surface area contributed by atoms with Crippen LogP contribution in [-0.4, -0.2) is 42.9 Å². The highest BCUT2D eigenvalue weighted by atomic mass is 32.2. The Morgan fingerprint density at radius 1 is 0.931 bits per heavy atom. The number of carbonyl (C=O) groups excluding carboxylic acids is 2. The molecule has 0 spiro atoms. The average Bonchev–Trinajstić information content (AvgIpc) is 2.71. The number of aryl methyl sites for hydroxylation is 1. The summed E-state index contributed by atoms with van der Waals surface area (Å²) in [7, 11) is -5.68. The molecule has 11 heteroatoms. The summed E-state index contributed by atoms with van der Waals surface area (Å²) in [5.41, 5.74) is 0.824. The first-order chi connectivity index (χ1) is 13.6. The molecule has 9 nitrogen and oxygen atoms in total. The minimum absolute atomic E-state index is 0.112. The molecule has 0 saturated heterocycles. The van der Waals surface area contributed by atoms with E-state index in [2.05, 4.69) is 9.46 Å². The molecule has 2 aromatic rings. The molecular formula is C18H20N2O7S2. The molecule has 0 unspecified atom stereocenters. The summed E-state index contributed by atoms with van der Waals surface area (Å²) in [6, 6.07) is 11.1. The lowest BCUT2D eigenvalue weighted by Crippen LogP contribution is -2.31. The minimum Gasteiger partial charge on any atom is -0.465 e. The third kappa shape index (κ3) is 5.62. The predicted octanol–water partition coefficient (Wildman–Crippen LogP) is 0.819. The van der Waals surface area contributed by atoms with E-state index in [1.807, 2.05) is 4.72 Å². The number of methoxy groups -OCH3 is 1. The van der Waals surface area contributed by atoms with E-state index in [4.69, 9.17) is 0 Å². The van der Waals surface area contributed by atoms with Gasteiger partial charge in [0.1, 0.15) is 0 Å². The lowest BCUT2D eigenvalue weighted by atomic mass is 10.0. The summed E-state index contributed by atoms with van der Waals surface area (Å²) in [5.74, 6) is -1.36. The molecule has 2 N–H and O–H groups in total. The maximum Gasteiger partial charge on any atom is 0.338 e.